The van der Waals surface area contributed by atoms with Crippen molar-refractivity contribution in [3.63, 3.8) is 0 Å². The molecule has 0 radical (unpaired) electrons. The number of aryl methyl sites for hydroxylation is 1. The van der Waals surface area contributed by atoms with Crippen LogP contribution in [0, 0.1) is 6.92 Å². The van der Waals surface area contributed by atoms with Gasteiger partial charge in [-0.2, -0.15) is 0 Å². The zero-order valence-corrected chi connectivity index (χ0v) is 12.4. The Balaban J connectivity index is 2.35. The van der Waals surface area contributed by atoms with E-state index < -0.39 is 5.97 Å². The standard InChI is InChI=1S/C17H19NO3/c1-10(2)14-6-5-13(8-11(14)3)21-16-7-4-12(18)9-15(16)17(19)20/h4-10H,18H2,1-3H3,(H,19,20). The second kappa shape index (κ2) is 5.87. The van der Waals surface area contributed by atoms with Gasteiger partial charge in [0.15, 0.2) is 0 Å². The number of aromatic carboxylic acids is 1. The van der Waals surface area contributed by atoms with E-state index in [2.05, 4.69) is 13.8 Å². The smallest absolute Gasteiger partial charge is 0.339 e. The lowest BCUT2D eigenvalue weighted by molar-refractivity contribution is 0.0694. The van der Waals surface area contributed by atoms with Crippen LogP contribution < -0.4 is 10.5 Å². The highest BCUT2D eigenvalue weighted by Gasteiger charge is 2.13. The molecular weight excluding hydrogens is 266 g/mol. The molecule has 4 nitrogen and oxygen atoms in total. The molecule has 2 aromatic rings. The molecule has 0 bridgehead atoms. The maximum absolute atomic E-state index is 11.2. The molecule has 2 rings (SSSR count). The molecule has 0 saturated heterocycles. The molecule has 0 aliphatic rings. The molecular formula is C17H19NO3. The summed E-state index contributed by atoms with van der Waals surface area (Å²) in [5, 5.41) is 9.20. The number of hydrogen-bond acceptors (Lipinski definition) is 3. The fourth-order valence-electron chi connectivity index (χ4n) is 2.29. The number of nitrogens with two attached hydrogens (primary N) is 1. The molecule has 21 heavy (non-hydrogen) atoms. The largest absolute Gasteiger partial charge is 0.478 e. The van der Waals surface area contributed by atoms with E-state index in [1.807, 2.05) is 25.1 Å². The highest BCUT2D eigenvalue weighted by atomic mass is 16.5. The monoisotopic (exact) mass is 285 g/mol. The number of ether oxygens (including phenoxy) is 1. The van der Waals surface area contributed by atoms with E-state index in [1.165, 1.54) is 11.6 Å². The minimum atomic E-state index is -1.06. The quantitative estimate of drug-likeness (QED) is 0.826. The summed E-state index contributed by atoms with van der Waals surface area (Å²) in [4.78, 5) is 11.2. The Bertz CT molecular complexity index is 678. The number of nitrogen functional groups attached to an aromatic ring is 1. The van der Waals surface area contributed by atoms with Crippen LogP contribution in [0.4, 0.5) is 5.69 Å². The molecule has 0 aromatic heterocycles. The van der Waals surface area contributed by atoms with Crippen LogP contribution in [0.15, 0.2) is 36.4 Å². The molecule has 4 heteroatoms. The topological polar surface area (TPSA) is 72.5 Å². The van der Waals surface area contributed by atoms with E-state index in [1.54, 1.807) is 12.1 Å². The Labute approximate surface area is 124 Å². The van der Waals surface area contributed by atoms with Gasteiger partial charge in [-0.15, -0.1) is 0 Å². The minimum Gasteiger partial charge on any atom is -0.478 e. The van der Waals surface area contributed by atoms with Crippen molar-refractivity contribution in [1.29, 1.82) is 0 Å². The van der Waals surface area contributed by atoms with Gasteiger partial charge in [-0.25, -0.2) is 4.79 Å². The molecule has 0 heterocycles. The van der Waals surface area contributed by atoms with Crippen molar-refractivity contribution in [3.05, 3.63) is 53.1 Å². The summed E-state index contributed by atoms with van der Waals surface area (Å²) < 4.78 is 5.70. The van der Waals surface area contributed by atoms with Gasteiger partial charge < -0.3 is 15.6 Å². The predicted molar refractivity (Wildman–Crippen MR) is 83.2 cm³/mol. The first kappa shape index (κ1) is 14.9. The summed E-state index contributed by atoms with van der Waals surface area (Å²) >= 11 is 0. The second-order valence-electron chi connectivity index (χ2n) is 5.34. The third kappa shape index (κ3) is 3.34. The molecule has 3 N–H and O–H groups in total. The van der Waals surface area contributed by atoms with Crippen LogP contribution in [0.5, 0.6) is 11.5 Å². The van der Waals surface area contributed by atoms with Gasteiger partial charge in [-0.1, -0.05) is 19.9 Å². The lowest BCUT2D eigenvalue weighted by Gasteiger charge is -2.13. The van der Waals surface area contributed by atoms with Crippen LogP contribution in [0.3, 0.4) is 0 Å². The first-order chi connectivity index (χ1) is 9.88. The first-order valence-electron chi connectivity index (χ1n) is 6.79. The zero-order chi connectivity index (χ0) is 15.6. The van der Waals surface area contributed by atoms with Crippen LogP contribution in [0.2, 0.25) is 0 Å². The van der Waals surface area contributed by atoms with Gasteiger partial charge in [0.1, 0.15) is 17.1 Å². The minimum absolute atomic E-state index is 0.0561. The van der Waals surface area contributed by atoms with E-state index in [0.29, 0.717) is 17.4 Å². The highest BCUT2D eigenvalue weighted by Crippen LogP contribution is 2.30. The molecule has 0 spiro atoms. The van der Waals surface area contributed by atoms with Gasteiger partial charge in [0, 0.05) is 5.69 Å². The van der Waals surface area contributed by atoms with Gasteiger partial charge >= 0.3 is 5.97 Å². The number of carboxylic acids is 1. The first-order valence-corrected chi connectivity index (χ1v) is 6.79. The van der Waals surface area contributed by atoms with E-state index >= 15 is 0 Å². The van der Waals surface area contributed by atoms with Crippen LogP contribution in [-0.2, 0) is 0 Å². The van der Waals surface area contributed by atoms with Gasteiger partial charge in [0.05, 0.1) is 0 Å². The average Bonchev–Trinajstić information content (AvgIpc) is 2.40. The normalized spacial score (nSPS) is 10.7. The molecule has 0 unspecified atom stereocenters. The fourth-order valence-corrected chi connectivity index (χ4v) is 2.29. The van der Waals surface area contributed by atoms with Crippen molar-refractivity contribution >= 4 is 11.7 Å². The summed E-state index contributed by atoms with van der Waals surface area (Å²) in [7, 11) is 0. The van der Waals surface area contributed by atoms with Crippen LogP contribution in [-0.4, -0.2) is 11.1 Å². The van der Waals surface area contributed by atoms with Crippen LogP contribution in [0.25, 0.3) is 0 Å². The molecule has 0 atom stereocenters. The van der Waals surface area contributed by atoms with Gasteiger partial charge in [0.25, 0.3) is 0 Å². The summed E-state index contributed by atoms with van der Waals surface area (Å²) in [5.74, 6) is 0.274. The van der Waals surface area contributed by atoms with E-state index in [-0.39, 0.29) is 11.3 Å². The molecule has 2 aromatic carbocycles. The molecule has 0 amide bonds. The highest BCUT2D eigenvalue weighted by molar-refractivity contribution is 5.92. The molecule has 0 aliphatic heterocycles. The van der Waals surface area contributed by atoms with Gasteiger partial charge in [-0.05, 0) is 54.3 Å². The van der Waals surface area contributed by atoms with Crippen molar-refractivity contribution in [2.45, 2.75) is 26.7 Å². The number of carbonyl (C=O) groups is 1. The van der Waals surface area contributed by atoms with E-state index in [0.717, 1.165) is 5.56 Å². The third-order valence-corrected chi connectivity index (χ3v) is 3.33. The van der Waals surface area contributed by atoms with Crippen LogP contribution in [0.1, 0.15) is 41.3 Å². The maximum atomic E-state index is 11.2. The fraction of sp³-hybridized carbons (Fsp3) is 0.235. The number of carboxylic acid groups (broad SMARTS) is 1. The average molecular weight is 285 g/mol. The number of hydrogen-bond donors (Lipinski definition) is 2. The van der Waals surface area contributed by atoms with Crippen LogP contribution >= 0.6 is 0 Å². The number of anilines is 1. The third-order valence-electron chi connectivity index (χ3n) is 3.33. The summed E-state index contributed by atoms with van der Waals surface area (Å²) in [5.41, 5.74) is 8.44. The molecule has 0 aliphatic carbocycles. The lowest BCUT2D eigenvalue weighted by atomic mass is 9.98. The second-order valence-corrected chi connectivity index (χ2v) is 5.34. The van der Waals surface area contributed by atoms with Crippen molar-refractivity contribution < 1.29 is 14.6 Å². The molecule has 0 saturated carbocycles. The Morgan fingerprint density at radius 2 is 1.90 bits per heavy atom. The molecule has 0 fully saturated rings. The predicted octanol–water partition coefficient (Wildman–Crippen LogP) is 4.19. The van der Waals surface area contributed by atoms with E-state index in [4.69, 9.17) is 10.5 Å². The van der Waals surface area contributed by atoms with Crippen molar-refractivity contribution in [1.82, 2.24) is 0 Å². The Hall–Kier alpha value is -2.49. The van der Waals surface area contributed by atoms with Gasteiger partial charge in [0.2, 0.25) is 0 Å². The van der Waals surface area contributed by atoms with Crippen molar-refractivity contribution in [3.8, 4) is 11.5 Å². The Morgan fingerprint density at radius 1 is 1.19 bits per heavy atom. The van der Waals surface area contributed by atoms with E-state index in [9.17, 15) is 9.90 Å². The lowest BCUT2D eigenvalue weighted by Crippen LogP contribution is -2.02. The Morgan fingerprint density at radius 3 is 2.48 bits per heavy atom. The maximum Gasteiger partial charge on any atom is 0.339 e. The molecule has 110 valence electrons. The number of benzene rings is 2. The van der Waals surface area contributed by atoms with Crippen molar-refractivity contribution in [2.24, 2.45) is 0 Å². The summed E-state index contributed by atoms with van der Waals surface area (Å²) in [6.07, 6.45) is 0. The summed E-state index contributed by atoms with van der Waals surface area (Å²) in [6.45, 7) is 6.28. The Kier molecular flexibility index (Phi) is 4.17. The SMILES string of the molecule is Cc1cc(Oc2ccc(N)cc2C(=O)O)ccc1C(C)C. The number of rotatable bonds is 4. The summed E-state index contributed by atoms with van der Waals surface area (Å²) in [6, 6.07) is 10.4. The van der Waals surface area contributed by atoms with Crippen molar-refractivity contribution in [2.75, 3.05) is 5.73 Å². The van der Waals surface area contributed by atoms with Gasteiger partial charge in [-0.3, -0.25) is 0 Å². The zero-order valence-electron chi connectivity index (χ0n) is 12.4.